The highest BCUT2D eigenvalue weighted by Crippen LogP contribution is 2.45. The van der Waals surface area contributed by atoms with E-state index in [2.05, 4.69) is 39.4 Å². The lowest BCUT2D eigenvalue weighted by Crippen LogP contribution is -2.30. The molecule has 11 heteroatoms. The van der Waals surface area contributed by atoms with E-state index >= 15 is 0 Å². The largest absolute Gasteiger partial charge is 0.503 e. The van der Waals surface area contributed by atoms with Crippen LogP contribution in [0.1, 0.15) is 43.5 Å². The van der Waals surface area contributed by atoms with Crippen molar-refractivity contribution in [2.24, 2.45) is 0 Å². The number of aromatic nitrogens is 3. The van der Waals surface area contributed by atoms with Gasteiger partial charge in [-0.1, -0.05) is 65.6 Å². The van der Waals surface area contributed by atoms with Crippen LogP contribution in [0.5, 0.6) is 0 Å². The van der Waals surface area contributed by atoms with Gasteiger partial charge < -0.3 is 9.52 Å². The molecular formula is C28H22N4O4S3. The average molecular weight is 575 g/mol. The number of thioether (sulfide) groups is 1. The first-order valence-corrected chi connectivity index (χ1v) is 14.7. The maximum atomic E-state index is 13.7. The molecule has 1 N–H and O–H groups in total. The Bertz CT molecular complexity index is 1780. The van der Waals surface area contributed by atoms with E-state index in [-0.39, 0.29) is 10.7 Å². The minimum absolute atomic E-state index is 0.0544. The predicted molar refractivity (Wildman–Crippen MR) is 153 cm³/mol. The summed E-state index contributed by atoms with van der Waals surface area (Å²) < 4.78 is 6.53. The van der Waals surface area contributed by atoms with Crippen molar-refractivity contribution in [2.75, 3.05) is 4.90 Å². The number of anilines is 1. The lowest BCUT2D eigenvalue weighted by atomic mass is 10.00. The van der Waals surface area contributed by atoms with E-state index in [9.17, 15) is 14.7 Å². The third kappa shape index (κ3) is 4.56. The molecule has 0 bridgehead atoms. The highest BCUT2D eigenvalue weighted by Gasteiger charge is 2.48. The molecule has 6 rings (SSSR count). The van der Waals surface area contributed by atoms with Crippen LogP contribution >= 0.6 is 34.4 Å². The molecule has 39 heavy (non-hydrogen) atoms. The van der Waals surface area contributed by atoms with E-state index in [4.69, 9.17) is 4.42 Å². The number of carbonyl (C=O) groups excluding carboxylic acids is 2. The van der Waals surface area contributed by atoms with Gasteiger partial charge in [-0.05, 0) is 49.2 Å². The first-order valence-electron chi connectivity index (χ1n) is 12.1. The maximum Gasteiger partial charge on any atom is 0.296 e. The van der Waals surface area contributed by atoms with Crippen molar-refractivity contribution in [3.63, 3.8) is 0 Å². The van der Waals surface area contributed by atoms with E-state index in [1.165, 1.54) is 50.3 Å². The van der Waals surface area contributed by atoms with Gasteiger partial charge in [0, 0.05) is 5.75 Å². The van der Waals surface area contributed by atoms with E-state index in [0.717, 1.165) is 10.4 Å². The Morgan fingerprint density at radius 2 is 1.85 bits per heavy atom. The first-order chi connectivity index (χ1) is 18.8. The second-order valence-corrected chi connectivity index (χ2v) is 12.4. The van der Waals surface area contributed by atoms with Gasteiger partial charge in [-0.3, -0.25) is 14.5 Å². The molecule has 1 unspecified atom stereocenters. The summed E-state index contributed by atoms with van der Waals surface area (Å²) >= 11 is 3.97. The molecule has 0 saturated carbocycles. The molecule has 1 aliphatic rings. The number of ketones is 1. The predicted octanol–water partition coefficient (Wildman–Crippen LogP) is 6.74. The van der Waals surface area contributed by atoms with Gasteiger partial charge in [-0.25, -0.2) is 4.98 Å². The normalized spacial score (nSPS) is 15.6. The summed E-state index contributed by atoms with van der Waals surface area (Å²) in [4.78, 5) is 33.1. The van der Waals surface area contributed by atoms with Crippen molar-refractivity contribution < 1.29 is 19.1 Å². The number of thiazole rings is 1. The molecule has 2 aromatic carbocycles. The highest BCUT2D eigenvalue weighted by atomic mass is 32.2. The summed E-state index contributed by atoms with van der Waals surface area (Å²) in [5, 5.41) is 22.9. The van der Waals surface area contributed by atoms with Crippen LogP contribution in [0.3, 0.4) is 0 Å². The van der Waals surface area contributed by atoms with Crippen LogP contribution in [0.25, 0.3) is 10.8 Å². The Morgan fingerprint density at radius 3 is 2.59 bits per heavy atom. The van der Waals surface area contributed by atoms with Crippen molar-refractivity contribution >= 4 is 62.0 Å². The molecule has 1 atom stereocenters. The number of amides is 1. The molecule has 1 amide bonds. The Morgan fingerprint density at radius 1 is 1.05 bits per heavy atom. The maximum absolute atomic E-state index is 13.7. The van der Waals surface area contributed by atoms with Crippen LogP contribution in [0, 0.1) is 20.8 Å². The quantitative estimate of drug-likeness (QED) is 0.129. The topological polar surface area (TPSA) is 109 Å². The van der Waals surface area contributed by atoms with Crippen molar-refractivity contribution in [2.45, 2.75) is 36.9 Å². The number of fused-ring (bicyclic) bond motifs is 1. The van der Waals surface area contributed by atoms with Gasteiger partial charge in [0.2, 0.25) is 10.9 Å². The number of aryl methyl sites for hydroxylation is 3. The lowest BCUT2D eigenvalue weighted by molar-refractivity contribution is -0.117. The van der Waals surface area contributed by atoms with E-state index in [0.29, 0.717) is 32.2 Å². The number of Topliss-reactive ketones (excluding diaryl/α,β-unsaturated/α-hetero) is 1. The molecule has 0 fully saturated rings. The summed E-state index contributed by atoms with van der Waals surface area (Å²) in [5.74, 6) is -0.165. The van der Waals surface area contributed by atoms with Gasteiger partial charge in [0.15, 0.2) is 10.1 Å². The number of aliphatic hydroxyl groups excluding tert-OH is 1. The number of furan rings is 1. The molecule has 1 aliphatic heterocycles. The van der Waals surface area contributed by atoms with Crippen LogP contribution < -0.4 is 4.90 Å². The third-order valence-corrected chi connectivity index (χ3v) is 9.60. The zero-order valence-corrected chi connectivity index (χ0v) is 23.6. The second kappa shape index (κ2) is 10.1. The fraction of sp³-hybridized carbons (Fsp3) is 0.179. The highest BCUT2D eigenvalue weighted by molar-refractivity contribution is 8.00. The van der Waals surface area contributed by atoms with Crippen LogP contribution in [0.15, 0.2) is 74.7 Å². The number of hydrogen-bond acceptors (Lipinski definition) is 10. The molecule has 8 nitrogen and oxygen atoms in total. The number of aliphatic hydroxyl groups is 1. The van der Waals surface area contributed by atoms with Gasteiger partial charge in [0.25, 0.3) is 5.91 Å². The lowest BCUT2D eigenvalue weighted by Gasteiger charge is -2.21. The SMILES string of the molecule is Cc1ccc(C2C(C(=O)c3sc(C)nc3C)=C(O)C(=O)N2c2nnc(SCc3cccc4ccccc34)s2)o1. The molecule has 0 spiro atoms. The summed E-state index contributed by atoms with van der Waals surface area (Å²) in [6, 6.07) is 16.9. The smallest absolute Gasteiger partial charge is 0.296 e. The Balaban J connectivity index is 1.33. The second-order valence-electron chi connectivity index (χ2n) is 9.04. The third-order valence-electron chi connectivity index (χ3n) is 6.43. The van der Waals surface area contributed by atoms with Crippen LogP contribution in [0.2, 0.25) is 0 Å². The first kappa shape index (κ1) is 25.5. The summed E-state index contributed by atoms with van der Waals surface area (Å²) in [5.41, 5.74) is 1.66. The molecule has 3 aromatic heterocycles. The molecular weight excluding hydrogens is 553 g/mol. The standard InChI is InChI=1S/C28H22N4O4S3/c1-14-11-12-20(36-14)22-21(23(33)25-15(2)29-16(3)38-25)24(34)26(35)32(22)27-30-31-28(39-27)37-13-18-9-6-8-17-7-4-5-10-19(17)18/h4-12,22,34H,13H2,1-3H3. The number of carbonyl (C=O) groups is 2. The van der Waals surface area contributed by atoms with E-state index in [1.807, 2.05) is 18.2 Å². The van der Waals surface area contributed by atoms with Crippen molar-refractivity contribution in [1.82, 2.24) is 15.2 Å². The fourth-order valence-electron chi connectivity index (χ4n) is 4.68. The summed E-state index contributed by atoms with van der Waals surface area (Å²) in [6.45, 7) is 5.32. The summed E-state index contributed by atoms with van der Waals surface area (Å²) in [7, 11) is 0. The molecule has 0 radical (unpaired) electrons. The van der Waals surface area contributed by atoms with Crippen LogP contribution in [0.4, 0.5) is 5.13 Å². The molecule has 5 aromatic rings. The molecule has 4 heterocycles. The van der Waals surface area contributed by atoms with Crippen molar-refractivity contribution in [3.05, 3.63) is 98.6 Å². The number of rotatable bonds is 7. The zero-order valence-electron chi connectivity index (χ0n) is 21.2. The van der Waals surface area contributed by atoms with Gasteiger partial charge in [-0.15, -0.1) is 21.5 Å². The van der Waals surface area contributed by atoms with Crippen molar-refractivity contribution in [1.29, 1.82) is 0 Å². The van der Waals surface area contributed by atoms with Gasteiger partial charge >= 0.3 is 0 Å². The zero-order chi connectivity index (χ0) is 27.3. The minimum Gasteiger partial charge on any atom is -0.503 e. The van der Waals surface area contributed by atoms with Crippen LogP contribution in [-0.2, 0) is 10.5 Å². The Hall–Kier alpha value is -3.80. The summed E-state index contributed by atoms with van der Waals surface area (Å²) in [6.07, 6.45) is 0. The van der Waals surface area contributed by atoms with Gasteiger partial charge in [0.1, 0.15) is 17.6 Å². The van der Waals surface area contributed by atoms with E-state index < -0.39 is 23.5 Å². The molecule has 196 valence electrons. The Labute approximate surface area is 236 Å². The van der Waals surface area contributed by atoms with E-state index in [1.54, 1.807) is 32.9 Å². The van der Waals surface area contributed by atoms with Gasteiger partial charge in [0.05, 0.1) is 21.2 Å². The number of hydrogen-bond donors (Lipinski definition) is 1. The van der Waals surface area contributed by atoms with Crippen molar-refractivity contribution in [3.8, 4) is 0 Å². The molecule has 0 saturated heterocycles. The monoisotopic (exact) mass is 574 g/mol. The van der Waals surface area contributed by atoms with Gasteiger partial charge in [-0.2, -0.15) is 0 Å². The average Bonchev–Trinajstić information content (AvgIpc) is 3.70. The molecule has 0 aliphatic carbocycles. The van der Waals surface area contributed by atoms with Crippen LogP contribution in [-0.4, -0.2) is 32.0 Å². The number of benzene rings is 2. The Kier molecular flexibility index (Phi) is 6.57. The number of nitrogens with zero attached hydrogens (tertiary/aromatic N) is 4. The minimum atomic E-state index is -0.982. The fourth-order valence-corrected chi connectivity index (χ4v) is 7.43.